The van der Waals surface area contributed by atoms with Crippen molar-refractivity contribution in [1.29, 1.82) is 0 Å². The molecule has 1 fully saturated rings. The Morgan fingerprint density at radius 3 is 2.78 bits per heavy atom. The van der Waals surface area contributed by atoms with Gasteiger partial charge in [0.25, 0.3) is 0 Å². The molecule has 0 radical (unpaired) electrons. The first kappa shape index (κ1) is 26.9. The molecule has 0 aliphatic carbocycles. The van der Waals surface area contributed by atoms with Crippen LogP contribution in [0.5, 0.6) is 5.75 Å². The summed E-state index contributed by atoms with van der Waals surface area (Å²) >= 11 is 0. The lowest BCUT2D eigenvalue weighted by Crippen LogP contribution is -2.42. The van der Waals surface area contributed by atoms with Gasteiger partial charge in [0.1, 0.15) is 11.9 Å². The summed E-state index contributed by atoms with van der Waals surface area (Å²) in [5.74, 6) is 1.33. The van der Waals surface area contributed by atoms with E-state index in [4.69, 9.17) is 9.84 Å². The van der Waals surface area contributed by atoms with Crippen molar-refractivity contribution < 1.29 is 9.84 Å². The number of piperidine rings is 1. The number of allylic oxidation sites excluding steroid dienone is 1. The predicted octanol–water partition coefficient (Wildman–Crippen LogP) is 6.59. The fraction of sp³-hybridized carbons (Fsp3) is 0.406. The molecule has 4 rings (SSSR count). The van der Waals surface area contributed by atoms with E-state index in [1.807, 2.05) is 42.1 Å². The molecule has 1 aliphatic heterocycles. The van der Waals surface area contributed by atoms with Crippen LogP contribution in [0.4, 0.5) is 0 Å². The van der Waals surface area contributed by atoms with E-state index in [-0.39, 0.29) is 18.1 Å². The van der Waals surface area contributed by atoms with Gasteiger partial charge in [0.15, 0.2) is 0 Å². The molecule has 1 aromatic heterocycles. The summed E-state index contributed by atoms with van der Waals surface area (Å²) in [6.45, 7) is 15.5. The fourth-order valence-electron chi connectivity index (χ4n) is 5.06. The Labute approximate surface area is 222 Å². The number of rotatable bonds is 10. The molecule has 37 heavy (non-hydrogen) atoms. The Bertz CT molecular complexity index is 1230. The zero-order chi connectivity index (χ0) is 26.4. The van der Waals surface area contributed by atoms with Gasteiger partial charge in [-0.3, -0.25) is 4.90 Å². The Kier molecular flexibility index (Phi) is 8.67. The number of likely N-dealkylation sites (tertiary alicyclic amines) is 1. The molecule has 1 unspecified atom stereocenters. The first-order chi connectivity index (χ1) is 17.8. The smallest absolute Gasteiger partial charge is 0.135 e. The average Bonchev–Trinajstić information content (AvgIpc) is 3.40. The lowest BCUT2D eigenvalue weighted by Gasteiger charge is -2.40. The van der Waals surface area contributed by atoms with E-state index >= 15 is 0 Å². The normalized spacial score (nSPS) is 17.7. The summed E-state index contributed by atoms with van der Waals surface area (Å²) in [7, 11) is 0. The third-order valence-corrected chi connectivity index (χ3v) is 7.51. The molecule has 0 amide bonds. The molecule has 0 bridgehead atoms. The second kappa shape index (κ2) is 11.9. The maximum atomic E-state index is 9.91. The lowest BCUT2D eigenvalue weighted by atomic mass is 9.75. The Hall–Kier alpha value is -3.15. The third kappa shape index (κ3) is 6.60. The van der Waals surface area contributed by atoms with Gasteiger partial charge < -0.3 is 9.84 Å². The average molecular weight is 500 g/mol. The van der Waals surface area contributed by atoms with Crippen LogP contribution in [0.1, 0.15) is 44.7 Å². The van der Waals surface area contributed by atoms with Gasteiger partial charge in [0.05, 0.1) is 11.4 Å². The minimum atomic E-state index is -0.203. The molecular formula is C32H41N3O2. The first-order valence-corrected chi connectivity index (χ1v) is 13.3. The van der Waals surface area contributed by atoms with Crippen molar-refractivity contribution in [3.63, 3.8) is 0 Å². The van der Waals surface area contributed by atoms with E-state index in [2.05, 4.69) is 74.7 Å². The van der Waals surface area contributed by atoms with Crippen molar-refractivity contribution in [3.8, 4) is 22.7 Å². The van der Waals surface area contributed by atoms with Gasteiger partial charge in [-0.1, -0.05) is 50.8 Å². The summed E-state index contributed by atoms with van der Waals surface area (Å²) in [6.07, 6.45) is 9.93. The van der Waals surface area contributed by atoms with Crippen LogP contribution < -0.4 is 4.74 Å². The molecule has 2 aromatic carbocycles. The zero-order valence-electron chi connectivity index (χ0n) is 22.7. The van der Waals surface area contributed by atoms with Gasteiger partial charge in [0.2, 0.25) is 0 Å². The maximum Gasteiger partial charge on any atom is 0.135 e. The van der Waals surface area contributed by atoms with Gasteiger partial charge in [-0.05, 0) is 86.5 Å². The summed E-state index contributed by atoms with van der Waals surface area (Å²) in [4.78, 5) is 2.50. The molecule has 0 spiro atoms. The van der Waals surface area contributed by atoms with Gasteiger partial charge in [-0.25, -0.2) is 4.68 Å². The number of ether oxygens (including phenoxy) is 1. The Balaban J connectivity index is 1.62. The molecular weight excluding hydrogens is 458 g/mol. The van der Waals surface area contributed by atoms with E-state index in [0.717, 1.165) is 60.7 Å². The summed E-state index contributed by atoms with van der Waals surface area (Å²) in [6, 6.07) is 16.8. The van der Waals surface area contributed by atoms with Crippen LogP contribution in [0.3, 0.4) is 0 Å². The number of hydrogen-bond acceptors (Lipinski definition) is 4. The van der Waals surface area contributed by atoms with Crippen molar-refractivity contribution >= 4 is 0 Å². The topological polar surface area (TPSA) is 50.5 Å². The Morgan fingerprint density at radius 1 is 1.22 bits per heavy atom. The third-order valence-electron chi connectivity index (χ3n) is 7.51. The monoisotopic (exact) mass is 499 g/mol. The summed E-state index contributed by atoms with van der Waals surface area (Å²) < 4.78 is 8.37. The van der Waals surface area contributed by atoms with Crippen LogP contribution in [-0.2, 0) is 6.54 Å². The predicted molar refractivity (Wildman–Crippen MR) is 152 cm³/mol. The molecule has 0 saturated carbocycles. The van der Waals surface area contributed by atoms with E-state index in [9.17, 15) is 5.11 Å². The second-order valence-corrected chi connectivity index (χ2v) is 10.9. The molecule has 2 heterocycles. The molecule has 5 nitrogen and oxygen atoms in total. The van der Waals surface area contributed by atoms with Gasteiger partial charge >= 0.3 is 0 Å². The maximum absolute atomic E-state index is 9.91. The minimum absolute atomic E-state index is 0.0716. The molecule has 3 aromatic rings. The van der Waals surface area contributed by atoms with Crippen molar-refractivity contribution in [1.82, 2.24) is 14.7 Å². The number of aryl methyl sites for hydroxylation is 1. The molecule has 1 saturated heterocycles. The van der Waals surface area contributed by atoms with E-state index < -0.39 is 0 Å². The van der Waals surface area contributed by atoms with Crippen molar-refractivity contribution in [2.24, 2.45) is 11.3 Å². The fourth-order valence-corrected chi connectivity index (χ4v) is 5.06. The second-order valence-electron chi connectivity index (χ2n) is 10.9. The van der Waals surface area contributed by atoms with E-state index in [1.165, 1.54) is 5.56 Å². The van der Waals surface area contributed by atoms with Crippen LogP contribution in [0.2, 0.25) is 0 Å². The molecule has 2 atom stereocenters. The van der Waals surface area contributed by atoms with Crippen molar-refractivity contribution in [2.45, 2.75) is 53.2 Å². The SMILES string of the molecule is C=CC(/C=C/C)Oc1cc(-c2ccn(-c3cccc(C)c3)n2)ccc1CN1CCC[C@H](C(C)(C)CO)C1. The quantitative estimate of drug-likeness (QED) is 0.320. The van der Waals surface area contributed by atoms with Crippen LogP contribution in [0, 0.1) is 18.3 Å². The number of aliphatic hydroxyl groups is 1. The largest absolute Gasteiger partial charge is 0.482 e. The minimum Gasteiger partial charge on any atom is -0.482 e. The van der Waals surface area contributed by atoms with Gasteiger partial charge in [0, 0.05) is 37.0 Å². The number of aliphatic hydroxyl groups excluding tert-OH is 1. The summed E-state index contributed by atoms with van der Waals surface area (Å²) in [5.41, 5.74) is 5.26. The molecule has 5 heteroatoms. The highest BCUT2D eigenvalue weighted by Gasteiger charge is 2.33. The van der Waals surface area contributed by atoms with Crippen LogP contribution in [0.25, 0.3) is 16.9 Å². The highest BCUT2D eigenvalue weighted by atomic mass is 16.5. The number of benzene rings is 2. The standard InChI is InChI=1S/C32H41N3O2/c1-6-10-29(7-2)37-31-20-25(30-16-18-35(33-30)28-13-8-11-24(3)19-28)14-15-26(31)21-34-17-9-12-27(22-34)32(4,5)23-36/h6-8,10-11,13-16,18-20,27,29,36H,2,9,12,17,21-23H2,1,3-5H3/b10-6+/t27-,29?/m0/s1. The lowest BCUT2D eigenvalue weighted by molar-refractivity contribution is 0.0379. The van der Waals surface area contributed by atoms with Crippen molar-refractivity contribution in [2.75, 3.05) is 19.7 Å². The zero-order valence-corrected chi connectivity index (χ0v) is 22.7. The van der Waals surface area contributed by atoms with Gasteiger partial charge in [-0.15, -0.1) is 0 Å². The number of hydrogen-bond donors (Lipinski definition) is 1. The van der Waals surface area contributed by atoms with E-state index in [1.54, 1.807) is 0 Å². The number of nitrogens with zero attached hydrogens (tertiary/aromatic N) is 3. The highest BCUT2D eigenvalue weighted by molar-refractivity contribution is 5.63. The van der Waals surface area contributed by atoms with Crippen LogP contribution >= 0.6 is 0 Å². The molecule has 1 N–H and O–H groups in total. The first-order valence-electron chi connectivity index (χ1n) is 13.3. The molecule has 196 valence electrons. The van der Waals surface area contributed by atoms with Crippen molar-refractivity contribution in [3.05, 3.63) is 90.7 Å². The summed E-state index contributed by atoms with van der Waals surface area (Å²) in [5, 5.41) is 14.8. The van der Waals surface area contributed by atoms with E-state index in [0.29, 0.717) is 5.92 Å². The van der Waals surface area contributed by atoms with Gasteiger partial charge in [-0.2, -0.15) is 5.10 Å². The molecule has 1 aliphatic rings. The number of aromatic nitrogens is 2. The highest BCUT2D eigenvalue weighted by Crippen LogP contribution is 2.35. The Morgan fingerprint density at radius 2 is 2.05 bits per heavy atom. The van der Waals surface area contributed by atoms with Crippen LogP contribution in [0.15, 0.2) is 79.5 Å². The van der Waals surface area contributed by atoms with Crippen LogP contribution in [-0.4, -0.2) is 45.6 Å².